The van der Waals surface area contributed by atoms with Crippen LogP contribution in [0, 0.1) is 0 Å². The Balaban J connectivity index is 2.25. The zero-order valence-corrected chi connectivity index (χ0v) is 15.1. The van der Waals surface area contributed by atoms with Crippen molar-refractivity contribution in [3.8, 4) is 23.0 Å². The van der Waals surface area contributed by atoms with Crippen LogP contribution in [0.3, 0.4) is 0 Å². The molecule has 0 heterocycles. The minimum Gasteiger partial charge on any atom is -0.493 e. The number of hydrogen-bond acceptors (Lipinski definition) is 5. The molecule has 0 amide bonds. The maximum Gasteiger partial charge on any atom is 0.343 e. The van der Waals surface area contributed by atoms with E-state index in [0.717, 1.165) is 0 Å². The lowest BCUT2D eigenvalue weighted by molar-refractivity contribution is 0.0734. The van der Waals surface area contributed by atoms with E-state index in [2.05, 4.69) is 0 Å². The number of methoxy groups -OCH3 is 2. The van der Waals surface area contributed by atoms with Crippen LogP contribution < -0.4 is 18.9 Å². The molecule has 0 aromatic heterocycles. The fourth-order valence-corrected chi connectivity index (χ4v) is 2.11. The first-order chi connectivity index (χ1) is 12.0. The lowest BCUT2D eigenvalue weighted by Crippen LogP contribution is -2.09. The molecule has 0 unspecified atom stereocenters. The summed E-state index contributed by atoms with van der Waals surface area (Å²) in [6.07, 6.45) is 1.48. The van der Waals surface area contributed by atoms with E-state index in [0.29, 0.717) is 22.8 Å². The van der Waals surface area contributed by atoms with Gasteiger partial charge in [0.15, 0.2) is 11.5 Å². The topological polar surface area (TPSA) is 54.0 Å². The average Bonchev–Trinajstić information content (AvgIpc) is 2.62. The van der Waals surface area contributed by atoms with Gasteiger partial charge >= 0.3 is 5.97 Å². The van der Waals surface area contributed by atoms with Gasteiger partial charge in [0.1, 0.15) is 16.8 Å². The van der Waals surface area contributed by atoms with Gasteiger partial charge in [-0.05, 0) is 18.2 Å². The van der Waals surface area contributed by atoms with Crippen LogP contribution in [0.15, 0.2) is 53.0 Å². The molecule has 0 radical (unpaired) electrons. The number of ether oxygens (including phenoxy) is 4. The quantitative estimate of drug-likeness (QED) is 0.516. The number of halogens is 2. The second kappa shape index (κ2) is 9.20. The van der Waals surface area contributed by atoms with E-state index < -0.39 is 5.97 Å². The highest BCUT2D eigenvalue weighted by Gasteiger charge is 2.17. The molecule has 25 heavy (non-hydrogen) atoms. The number of esters is 1. The zero-order valence-electron chi connectivity index (χ0n) is 13.6. The van der Waals surface area contributed by atoms with Crippen molar-refractivity contribution in [2.24, 2.45) is 0 Å². The van der Waals surface area contributed by atoms with Crippen molar-refractivity contribution >= 4 is 29.2 Å². The molecule has 7 heteroatoms. The highest BCUT2D eigenvalue weighted by atomic mass is 35.5. The Kier molecular flexibility index (Phi) is 6.98. The van der Waals surface area contributed by atoms with Crippen molar-refractivity contribution in [3.05, 3.63) is 58.6 Å². The SMILES string of the molecule is COc1cc(OC(=O)c2ccccc2)cc(OC)c1OCC=C(Cl)Cl. The lowest BCUT2D eigenvalue weighted by Gasteiger charge is -2.15. The van der Waals surface area contributed by atoms with E-state index >= 15 is 0 Å². The third-order valence-corrected chi connectivity index (χ3v) is 3.43. The fourth-order valence-electron chi connectivity index (χ4n) is 1.99. The molecule has 2 aromatic rings. The number of carbonyl (C=O) groups excluding carboxylic acids is 1. The molecular weight excluding hydrogens is 367 g/mol. The lowest BCUT2D eigenvalue weighted by atomic mass is 10.2. The predicted molar refractivity (Wildman–Crippen MR) is 96.2 cm³/mol. The van der Waals surface area contributed by atoms with Gasteiger partial charge in [-0.25, -0.2) is 4.79 Å². The van der Waals surface area contributed by atoms with Crippen LogP contribution in [0.1, 0.15) is 10.4 Å². The third kappa shape index (κ3) is 5.31. The maximum absolute atomic E-state index is 12.2. The van der Waals surface area contributed by atoms with Crippen molar-refractivity contribution < 1.29 is 23.7 Å². The second-order valence-electron chi connectivity index (χ2n) is 4.72. The minimum atomic E-state index is -0.491. The van der Waals surface area contributed by atoms with Gasteiger partial charge in [-0.1, -0.05) is 41.4 Å². The second-order valence-corrected chi connectivity index (χ2v) is 5.73. The molecule has 0 bridgehead atoms. The normalized spacial score (nSPS) is 9.92. The van der Waals surface area contributed by atoms with Crippen LogP contribution in [-0.4, -0.2) is 26.8 Å². The Bertz CT molecular complexity index is 730. The molecule has 2 aromatic carbocycles. The van der Waals surface area contributed by atoms with Gasteiger partial charge in [-0.3, -0.25) is 0 Å². The molecule has 0 aliphatic carbocycles. The van der Waals surface area contributed by atoms with E-state index in [1.54, 1.807) is 24.3 Å². The Labute approximate surface area is 155 Å². The van der Waals surface area contributed by atoms with Crippen molar-refractivity contribution in [3.63, 3.8) is 0 Å². The molecule has 0 fully saturated rings. The average molecular weight is 383 g/mol. The summed E-state index contributed by atoms with van der Waals surface area (Å²) in [5.74, 6) is 0.801. The molecule has 0 atom stereocenters. The maximum atomic E-state index is 12.2. The smallest absolute Gasteiger partial charge is 0.343 e. The summed E-state index contributed by atoms with van der Waals surface area (Å²) < 4.78 is 21.6. The van der Waals surface area contributed by atoms with E-state index in [9.17, 15) is 4.79 Å². The minimum absolute atomic E-state index is 0.0892. The summed E-state index contributed by atoms with van der Waals surface area (Å²) in [5, 5.41) is 0. The molecule has 132 valence electrons. The van der Waals surface area contributed by atoms with E-state index in [1.807, 2.05) is 6.07 Å². The highest BCUT2D eigenvalue weighted by Crippen LogP contribution is 2.41. The number of carbonyl (C=O) groups is 1. The van der Waals surface area contributed by atoms with Gasteiger partial charge in [0.2, 0.25) is 5.75 Å². The van der Waals surface area contributed by atoms with Gasteiger partial charge in [0, 0.05) is 12.1 Å². The molecule has 0 spiro atoms. The van der Waals surface area contributed by atoms with E-state index in [1.165, 1.54) is 32.4 Å². The van der Waals surface area contributed by atoms with Crippen molar-refractivity contribution in [2.45, 2.75) is 0 Å². The van der Waals surface area contributed by atoms with Crippen LogP contribution in [0.5, 0.6) is 23.0 Å². The molecular formula is C18H16Cl2O5. The summed E-state index contributed by atoms with van der Waals surface area (Å²) in [7, 11) is 2.93. The highest BCUT2D eigenvalue weighted by molar-refractivity contribution is 6.55. The molecule has 0 aliphatic heterocycles. The molecule has 5 nitrogen and oxygen atoms in total. The number of benzene rings is 2. The summed E-state index contributed by atoms with van der Waals surface area (Å²) in [5.41, 5.74) is 0.433. The largest absolute Gasteiger partial charge is 0.493 e. The molecule has 0 N–H and O–H groups in total. The van der Waals surface area contributed by atoms with Crippen molar-refractivity contribution in [1.82, 2.24) is 0 Å². The summed E-state index contributed by atoms with van der Waals surface area (Å²) in [4.78, 5) is 12.2. The Morgan fingerprint density at radius 3 is 2.16 bits per heavy atom. The van der Waals surface area contributed by atoms with Crippen molar-refractivity contribution in [1.29, 1.82) is 0 Å². The Morgan fingerprint density at radius 1 is 1.04 bits per heavy atom. The fraction of sp³-hybridized carbons (Fsp3) is 0.167. The predicted octanol–water partition coefficient (Wildman–Crippen LogP) is 4.62. The van der Waals surface area contributed by atoms with Crippen LogP contribution in [0.2, 0.25) is 0 Å². The third-order valence-electron chi connectivity index (χ3n) is 3.12. The summed E-state index contributed by atoms with van der Waals surface area (Å²) in [6, 6.07) is 11.7. The van der Waals surface area contributed by atoms with Crippen molar-refractivity contribution in [2.75, 3.05) is 20.8 Å². The van der Waals surface area contributed by atoms with Gasteiger partial charge < -0.3 is 18.9 Å². The first kappa shape index (κ1) is 19.0. The molecule has 0 aliphatic rings. The van der Waals surface area contributed by atoms with Crippen LogP contribution in [0.25, 0.3) is 0 Å². The van der Waals surface area contributed by atoms with Gasteiger partial charge in [0.25, 0.3) is 0 Å². The van der Waals surface area contributed by atoms with Gasteiger partial charge in [-0.2, -0.15) is 0 Å². The van der Waals surface area contributed by atoms with Crippen LogP contribution in [-0.2, 0) is 0 Å². The van der Waals surface area contributed by atoms with E-state index in [-0.39, 0.29) is 16.8 Å². The molecule has 0 saturated carbocycles. The zero-order chi connectivity index (χ0) is 18.2. The summed E-state index contributed by atoms with van der Waals surface area (Å²) in [6.45, 7) is 0.123. The Hall–Kier alpha value is -2.37. The van der Waals surface area contributed by atoms with Gasteiger partial charge in [0.05, 0.1) is 19.8 Å². The van der Waals surface area contributed by atoms with Gasteiger partial charge in [-0.15, -0.1) is 0 Å². The number of rotatable bonds is 7. The summed E-state index contributed by atoms with van der Waals surface area (Å²) >= 11 is 11.1. The first-order valence-electron chi connectivity index (χ1n) is 7.22. The molecule has 0 saturated heterocycles. The number of hydrogen-bond donors (Lipinski definition) is 0. The Morgan fingerprint density at radius 2 is 1.64 bits per heavy atom. The first-order valence-corrected chi connectivity index (χ1v) is 7.98. The van der Waals surface area contributed by atoms with E-state index in [4.69, 9.17) is 42.1 Å². The standard InChI is InChI=1S/C18H16Cl2O5/c1-22-14-10-13(25-18(21)12-6-4-3-5-7-12)11-15(23-2)17(14)24-9-8-16(19)20/h3-8,10-11H,9H2,1-2H3. The van der Waals surface area contributed by atoms with Crippen LogP contribution in [0.4, 0.5) is 0 Å². The van der Waals surface area contributed by atoms with Crippen LogP contribution >= 0.6 is 23.2 Å². The monoisotopic (exact) mass is 382 g/mol. The molecule has 2 rings (SSSR count).